The minimum atomic E-state index is 0.264. The zero-order valence-electron chi connectivity index (χ0n) is 9.36. The molecule has 1 nitrogen and oxygen atoms in total. The molecule has 1 aromatic rings. The van der Waals surface area contributed by atoms with Gasteiger partial charge in [0.05, 0.1) is 0 Å². The quantitative estimate of drug-likeness (QED) is 0.883. The summed E-state index contributed by atoms with van der Waals surface area (Å²) in [6, 6.07) is 2.45. The van der Waals surface area contributed by atoms with E-state index in [1.165, 1.54) is 41.5 Å². The van der Waals surface area contributed by atoms with Crippen LogP contribution < -0.4 is 5.73 Å². The lowest BCUT2D eigenvalue weighted by Gasteiger charge is -2.24. The third kappa shape index (κ3) is 2.09. The van der Waals surface area contributed by atoms with E-state index in [4.69, 9.17) is 5.73 Å². The highest BCUT2D eigenvalue weighted by Gasteiger charge is 2.39. The molecule has 0 radical (unpaired) electrons. The van der Waals surface area contributed by atoms with Crippen LogP contribution in [-0.2, 0) is 0 Å². The Balaban J connectivity index is 1.62. The average Bonchev–Trinajstić information content (AvgIpc) is 2.92. The molecule has 0 saturated heterocycles. The second-order valence-electron chi connectivity index (χ2n) is 5.44. The summed E-state index contributed by atoms with van der Waals surface area (Å²) in [6.07, 6.45) is 7.10. The topological polar surface area (TPSA) is 26.0 Å². The summed E-state index contributed by atoms with van der Waals surface area (Å²) in [5.41, 5.74) is 6.31. The fourth-order valence-electron chi connectivity index (χ4n) is 3.63. The second kappa shape index (κ2) is 4.43. The van der Waals surface area contributed by atoms with Crippen molar-refractivity contribution in [3.05, 3.63) is 20.8 Å². The van der Waals surface area contributed by atoms with Crippen LogP contribution in [0.3, 0.4) is 0 Å². The molecule has 0 spiro atoms. The van der Waals surface area contributed by atoms with Gasteiger partial charge in [-0.25, -0.2) is 0 Å². The molecular formula is C13H18BrNS. The first-order chi connectivity index (χ1) is 7.72. The van der Waals surface area contributed by atoms with Crippen LogP contribution in [-0.4, -0.2) is 0 Å². The van der Waals surface area contributed by atoms with Crippen LogP contribution in [0.1, 0.15) is 43.0 Å². The van der Waals surface area contributed by atoms with Gasteiger partial charge in [0.15, 0.2) is 0 Å². The van der Waals surface area contributed by atoms with E-state index in [-0.39, 0.29) is 6.04 Å². The summed E-state index contributed by atoms with van der Waals surface area (Å²) < 4.78 is 1.18. The molecule has 3 heteroatoms. The molecule has 2 fully saturated rings. The number of rotatable bonds is 3. The third-order valence-corrected chi connectivity index (χ3v) is 6.22. The monoisotopic (exact) mass is 299 g/mol. The largest absolute Gasteiger partial charge is 0.323 e. The summed E-state index contributed by atoms with van der Waals surface area (Å²) in [5.74, 6) is 2.95. The van der Waals surface area contributed by atoms with Gasteiger partial charge in [-0.3, -0.25) is 0 Å². The third-order valence-electron chi connectivity index (χ3n) is 4.39. The number of hydrogen-bond donors (Lipinski definition) is 1. The van der Waals surface area contributed by atoms with Crippen molar-refractivity contribution in [3.63, 3.8) is 0 Å². The Morgan fingerprint density at radius 1 is 1.44 bits per heavy atom. The molecule has 88 valence electrons. The Labute approximate surface area is 110 Å². The van der Waals surface area contributed by atoms with Crippen molar-refractivity contribution in [1.29, 1.82) is 0 Å². The van der Waals surface area contributed by atoms with Crippen molar-refractivity contribution >= 4 is 27.3 Å². The van der Waals surface area contributed by atoms with Gasteiger partial charge < -0.3 is 5.73 Å². The SMILES string of the molecule is NC(CC1CC2CCC1C2)c1cc(Br)cs1. The summed E-state index contributed by atoms with van der Waals surface area (Å²) in [4.78, 5) is 1.34. The lowest BCUT2D eigenvalue weighted by molar-refractivity contribution is 0.297. The zero-order valence-corrected chi connectivity index (χ0v) is 11.8. The van der Waals surface area contributed by atoms with Crippen molar-refractivity contribution < 1.29 is 0 Å². The van der Waals surface area contributed by atoms with Crippen LogP contribution in [0.5, 0.6) is 0 Å². The predicted octanol–water partition coefficient (Wildman–Crippen LogP) is 4.34. The fourth-order valence-corrected chi connectivity index (χ4v) is 5.09. The van der Waals surface area contributed by atoms with Gasteiger partial charge in [-0.05, 0) is 65.4 Å². The molecule has 16 heavy (non-hydrogen) atoms. The van der Waals surface area contributed by atoms with E-state index in [9.17, 15) is 0 Å². The minimum Gasteiger partial charge on any atom is -0.323 e. The first kappa shape index (κ1) is 11.2. The van der Waals surface area contributed by atoms with Crippen molar-refractivity contribution in [2.75, 3.05) is 0 Å². The molecule has 2 bridgehead atoms. The first-order valence-electron chi connectivity index (χ1n) is 6.22. The van der Waals surface area contributed by atoms with Gasteiger partial charge in [-0.2, -0.15) is 0 Å². The van der Waals surface area contributed by atoms with Gasteiger partial charge in [0.2, 0.25) is 0 Å². The van der Waals surface area contributed by atoms with Crippen LogP contribution in [0.4, 0.5) is 0 Å². The van der Waals surface area contributed by atoms with Gasteiger partial charge in [0, 0.05) is 20.8 Å². The Kier molecular flexibility index (Phi) is 3.11. The lowest BCUT2D eigenvalue weighted by Crippen LogP contribution is -2.18. The van der Waals surface area contributed by atoms with Gasteiger partial charge in [-0.1, -0.05) is 6.42 Å². The normalized spacial score (nSPS) is 34.5. The van der Waals surface area contributed by atoms with Crippen LogP contribution in [0, 0.1) is 17.8 Å². The van der Waals surface area contributed by atoms with Crippen molar-refractivity contribution in [2.24, 2.45) is 23.5 Å². The van der Waals surface area contributed by atoms with E-state index in [2.05, 4.69) is 27.4 Å². The van der Waals surface area contributed by atoms with Crippen LogP contribution in [0.15, 0.2) is 15.9 Å². The van der Waals surface area contributed by atoms with Gasteiger partial charge in [-0.15, -0.1) is 11.3 Å². The van der Waals surface area contributed by atoms with Crippen molar-refractivity contribution in [1.82, 2.24) is 0 Å². The maximum atomic E-state index is 6.31. The summed E-state index contributed by atoms with van der Waals surface area (Å²) in [7, 11) is 0. The summed E-state index contributed by atoms with van der Waals surface area (Å²) in [6.45, 7) is 0. The average molecular weight is 300 g/mol. The lowest BCUT2D eigenvalue weighted by atomic mass is 9.84. The summed E-state index contributed by atoms with van der Waals surface area (Å²) in [5, 5.41) is 2.13. The second-order valence-corrected chi connectivity index (χ2v) is 7.30. The molecule has 1 aromatic heterocycles. The molecule has 1 heterocycles. The van der Waals surface area contributed by atoms with E-state index in [1.54, 1.807) is 11.3 Å². The van der Waals surface area contributed by atoms with Gasteiger partial charge in [0.1, 0.15) is 0 Å². The Morgan fingerprint density at radius 3 is 2.88 bits per heavy atom. The number of thiophene rings is 1. The number of halogens is 1. The molecule has 0 amide bonds. The maximum Gasteiger partial charge on any atom is 0.0392 e. The molecule has 2 aliphatic rings. The zero-order chi connectivity index (χ0) is 11.1. The van der Waals surface area contributed by atoms with E-state index in [0.29, 0.717) is 0 Å². The Morgan fingerprint density at radius 2 is 2.31 bits per heavy atom. The van der Waals surface area contributed by atoms with E-state index in [0.717, 1.165) is 17.8 Å². The summed E-state index contributed by atoms with van der Waals surface area (Å²) >= 11 is 5.29. The van der Waals surface area contributed by atoms with Crippen molar-refractivity contribution in [2.45, 2.75) is 38.1 Å². The standard InChI is InChI=1S/C13H18BrNS/c14-11-6-13(16-7-11)12(15)5-10-4-8-1-2-9(10)3-8/h6-10,12H,1-5,15H2. The highest BCUT2D eigenvalue weighted by molar-refractivity contribution is 9.10. The van der Waals surface area contributed by atoms with Gasteiger partial charge >= 0.3 is 0 Å². The molecule has 2 N–H and O–H groups in total. The predicted molar refractivity (Wildman–Crippen MR) is 72.5 cm³/mol. The van der Waals surface area contributed by atoms with Crippen LogP contribution in [0.2, 0.25) is 0 Å². The molecule has 2 aliphatic carbocycles. The minimum absolute atomic E-state index is 0.264. The van der Waals surface area contributed by atoms with E-state index < -0.39 is 0 Å². The highest BCUT2D eigenvalue weighted by atomic mass is 79.9. The molecule has 2 saturated carbocycles. The smallest absolute Gasteiger partial charge is 0.0392 e. The molecule has 0 aromatic carbocycles. The van der Waals surface area contributed by atoms with Gasteiger partial charge in [0.25, 0.3) is 0 Å². The van der Waals surface area contributed by atoms with Crippen LogP contribution >= 0.6 is 27.3 Å². The highest BCUT2D eigenvalue weighted by Crippen LogP contribution is 2.50. The van der Waals surface area contributed by atoms with E-state index >= 15 is 0 Å². The molecule has 0 aliphatic heterocycles. The molecular weight excluding hydrogens is 282 g/mol. The number of hydrogen-bond acceptors (Lipinski definition) is 2. The fraction of sp³-hybridized carbons (Fsp3) is 0.692. The molecule has 3 rings (SSSR count). The molecule has 4 unspecified atom stereocenters. The Hall–Kier alpha value is 0.140. The van der Waals surface area contributed by atoms with E-state index in [1.807, 2.05) is 0 Å². The first-order valence-corrected chi connectivity index (χ1v) is 7.89. The molecule has 4 atom stereocenters. The number of nitrogens with two attached hydrogens (primary N) is 1. The Bertz CT molecular complexity index is 376. The maximum absolute atomic E-state index is 6.31. The van der Waals surface area contributed by atoms with Crippen molar-refractivity contribution in [3.8, 4) is 0 Å². The number of fused-ring (bicyclic) bond motifs is 2. The van der Waals surface area contributed by atoms with Crippen LogP contribution in [0.25, 0.3) is 0 Å².